The summed E-state index contributed by atoms with van der Waals surface area (Å²) in [5.41, 5.74) is 0. The second-order valence-corrected chi connectivity index (χ2v) is 4.42. The zero-order chi connectivity index (χ0) is 13.7. The molecule has 1 amide bonds. The molecular formula is C14H17NO4. The molecule has 1 saturated heterocycles. The molecule has 0 bridgehead atoms. The Hall–Kier alpha value is -2.04. The number of carbonyl (C=O) groups is 2. The van der Waals surface area contributed by atoms with Gasteiger partial charge in [0, 0.05) is 12.6 Å². The van der Waals surface area contributed by atoms with Crippen LogP contribution in [0.3, 0.4) is 0 Å². The smallest absolute Gasteiger partial charge is 0.328 e. The maximum atomic E-state index is 12.1. The lowest BCUT2D eigenvalue weighted by Gasteiger charge is -2.32. The monoisotopic (exact) mass is 263 g/mol. The zero-order valence-electron chi connectivity index (χ0n) is 10.9. The second-order valence-electron chi connectivity index (χ2n) is 4.42. The van der Waals surface area contributed by atoms with Gasteiger partial charge in [-0.2, -0.15) is 0 Å². The van der Waals surface area contributed by atoms with Gasteiger partial charge < -0.3 is 14.1 Å². The van der Waals surface area contributed by atoms with Crippen molar-refractivity contribution in [3.05, 3.63) is 30.2 Å². The quantitative estimate of drug-likeness (QED) is 0.617. The lowest BCUT2D eigenvalue weighted by molar-refractivity contribution is -0.153. The molecule has 2 heterocycles. The summed E-state index contributed by atoms with van der Waals surface area (Å²) in [4.78, 5) is 25.3. The van der Waals surface area contributed by atoms with Crippen molar-refractivity contribution in [2.45, 2.75) is 25.3 Å². The largest absolute Gasteiger partial charge is 0.467 e. The van der Waals surface area contributed by atoms with Crippen LogP contribution in [-0.4, -0.2) is 36.5 Å². The number of hydrogen-bond donors (Lipinski definition) is 0. The van der Waals surface area contributed by atoms with Gasteiger partial charge in [0.15, 0.2) is 0 Å². The number of methoxy groups -OCH3 is 1. The van der Waals surface area contributed by atoms with Gasteiger partial charge in [-0.25, -0.2) is 4.79 Å². The first-order valence-corrected chi connectivity index (χ1v) is 6.32. The summed E-state index contributed by atoms with van der Waals surface area (Å²) in [6.45, 7) is 0.584. The Morgan fingerprint density at radius 1 is 1.47 bits per heavy atom. The number of hydrogen-bond acceptors (Lipinski definition) is 4. The number of ether oxygens (including phenoxy) is 1. The third kappa shape index (κ3) is 3.24. The van der Waals surface area contributed by atoms with E-state index in [2.05, 4.69) is 0 Å². The minimum absolute atomic E-state index is 0.188. The molecule has 1 fully saturated rings. The van der Waals surface area contributed by atoms with Gasteiger partial charge >= 0.3 is 5.97 Å². The van der Waals surface area contributed by atoms with Crippen molar-refractivity contribution in [1.82, 2.24) is 4.90 Å². The molecule has 0 aromatic carbocycles. The molecule has 0 spiro atoms. The van der Waals surface area contributed by atoms with E-state index in [-0.39, 0.29) is 11.9 Å². The van der Waals surface area contributed by atoms with Crippen LogP contribution in [0.1, 0.15) is 25.0 Å². The van der Waals surface area contributed by atoms with Gasteiger partial charge in [-0.1, -0.05) is 0 Å². The van der Waals surface area contributed by atoms with E-state index in [4.69, 9.17) is 9.15 Å². The molecule has 0 aliphatic carbocycles. The fourth-order valence-corrected chi connectivity index (χ4v) is 2.21. The Morgan fingerprint density at radius 3 is 3.00 bits per heavy atom. The molecule has 19 heavy (non-hydrogen) atoms. The Balaban J connectivity index is 2.05. The number of nitrogens with zero attached hydrogens (tertiary/aromatic N) is 1. The number of carbonyl (C=O) groups excluding carboxylic acids is 2. The molecule has 1 aliphatic rings. The number of furan rings is 1. The fourth-order valence-electron chi connectivity index (χ4n) is 2.21. The van der Waals surface area contributed by atoms with Crippen LogP contribution in [0, 0.1) is 0 Å². The zero-order valence-corrected chi connectivity index (χ0v) is 10.9. The van der Waals surface area contributed by atoms with Crippen LogP contribution in [0.2, 0.25) is 0 Å². The van der Waals surface area contributed by atoms with Crippen molar-refractivity contribution in [3.8, 4) is 0 Å². The summed E-state index contributed by atoms with van der Waals surface area (Å²) in [5, 5.41) is 0. The van der Waals surface area contributed by atoms with Crippen LogP contribution in [0.15, 0.2) is 28.9 Å². The first-order chi connectivity index (χ1) is 9.22. The Labute approximate surface area is 111 Å². The number of esters is 1. The molecule has 102 valence electrons. The molecule has 1 aromatic rings. The number of rotatable bonds is 3. The summed E-state index contributed by atoms with van der Waals surface area (Å²) in [5.74, 6) is 0.0749. The summed E-state index contributed by atoms with van der Waals surface area (Å²) < 4.78 is 9.86. The second kappa shape index (κ2) is 6.22. The topological polar surface area (TPSA) is 59.8 Å². The minimum Gasteiger partial charge on any atom is -0.467 e. The van der Waals surface area contributed by atoms with Crippen molar-refractivity contribution in [3.63, 3.8) is 0 Å². The van der Waals surface area contributed by atoms with Crippen molar-refractivity contribution in [2.24, 2.45) is 0 Å². The van der Waals surface area contributed by atoms with E-state index in [1.54, 1.807) is 29.4 Å². The first kappa shape index (κ1) is 13.4. The van der Waals surface area contributed by atoms with Crippen molar-refractivity contribution in [1.29, 1.82) is 0 Å². The Bertz CT molecular complexity index is 464. The highest BCUT2D eigenvalue weighted by Crippen LogP contribution is 2.18. The highest BCUT2D eigenvalue weighted by Gasteiger charge is 2.31. The number of likely N-dealkylation sites (tertiary alicyclic amines) is 1. The van der Waals surface area contributed by atoms with Crippen LogP contribution >= 0.6 is 0 Å². The van der Waals surface area contributed by atoms with Crippen LogP contribution in [0.5, 0.6) is 0 Å². The molecule has 0 N–H and O–H groups in total. The molecule has 0 unspecified atom stereocenters. The Kier molecular flexibility index (Phi) is 4.39. The number of piperidine rings is 1. The summed E-state index contributed by atoms with van der Waals surface area (Å²) >= 11 is 0. The van der Waals surface area contributed by atoms with Gasteiger partial charge in [0.25, 0.3) is 0 Å². The third-order valence-electron chi connectivity index (χ3n) is 3.19. The summed E-state index contributed by atoms with van der Waals surface area (Å²) in [6.07, 6.45) is 7.08. The highest BCUT2D eigenvalue weighted by molar-refractivity contribution is 5.94. The van der Waals surface area contributed by atoms with Gasteiger partial charge in [0.05, 0.1) is 13.4 Å². The van der Waals surface area contributed by atoms with Crippen molar-refractivity contribution in [2.75, 3.05) is 13.7 Å². The number of amides is 1. The molecule has 0 radical (unpaired) electrons. The average molecular weight is 263 g/mol. The lowest BCUT2D eigenvalue weighted by atomic mass is 10.0. The van der Waals surface area contributed by atoms with E-state index in [9.17, 15) is 9.59 Å². The van der Waals surface area contributed by atoms with Crippen LogP contribution in [0.4, 0.5) is 0 Å². The van der Waals surface area contributed by atoms with E-state index in [1.165, 1.54) is 13.2 Å². The maximum absolute atomic E-state index is 12.1. The predicted molar refractivity (Wildman–Crippen MR) is 69.1 cm³/mol. The summed E-state index contributed by atoms with van der Waals surface area (Å²) in [7, 11) is 1.35. The van der Waals surface area contributed by atoms with E-state index < -0.39 is 6.04 Å². The third-order valence-corrected chi connectivity index (χ3v) is 3.19. The van der Waals surface area contributed by atoms with Crippen LogP contribution in [-0.2, 0) is 14.3 Å². The lowest BCUT2D eigenvalue weighted by Crippen LogP contribution is -2.47. The minimum atomic E-state index is -0.465. The first-order valence-electron chi connectivity index (χ1n) is 6.32. The fraction of sp³-hybridized carbons (Fsp3) is 0.429. The molecule has 5 nitrogen and oxygen atoms in total. The molecular weight excluding hydrogens is 246 g/mol. The SMILES string of the molecule is COC(=O)[C@H]1CCCCN1C(=O)/C=C\c1ccco1. The van der Waals surface area contributed by atoms with E-state index in [1.807, 2.05) is 0 Å². The molecule has 1 aromatic heterocycles. The van der Waals surface area contributed by atoms with Gasteiger partial charge in [-0.3, -0.25) is 4.79 Å². The predicted octanol–water partition coefficient (Wildman–Crippen LogP) is 1.85. The Morgan fingerprint density at radius 2 is 2.32 bits per heavy atom. The van der Waals surface area contributed by atoms with Crippen LogP contribution in [0.25, 0.3) is 6.08 Å². The molecule has 5 heteroatoms. The average Bonchev–Trinajstić information content (AvgIpc) is 2.97. The molecule has 1 aliphatic heterocycles. The van der Waals surface area contributed by atoms with Gasteiger partial charge in [0.2, 0.25) is 5.91 Å². The van der Waals surface area contributed by atoms with E-state index >= 15 is 0 Å². The van der Waals surface area contributed by atoms with Gasteiger partial charge in [0.1, 0.15) is 11.8 Å². The van der Waals surface area contributed by atoms with Gasteiger partial charge in [-0.05, 0) is 37.5 Å². The van der Waals surface area contributed by atoms with Crippen molar-refractivity contribution >= 4 is 18.0 Å². The normalized spacial score (nSPS) is 19.6. The van der Waals surface area contributed by atoms with Gasteiger partial charge in [-0.15, -0.1) is 0 Å². The molecule has 1 atom stereocenters. The standard InChI is InChI=1S/C14H17NO4/c1-18-14(17)12-6-2-3-9-15(12)13(16)8-7-11-5-4-10-19-11/h4-5,7-8,10,12H,2-3,6,9H2,1H3/b8-7-/t12-/m1/s1. The van der Waals surface area contributed by atoms with E-state index in [0.29, 0.717) is 18.7 Å². The molecule has 0 saturated carbocycles. The van der Waals surface area contributed by atoms with Crippen molar-refractivity contribution < 1.29 is 18.7 Å². The van der Waals surface area contributed by atoms with E-state index in [0.717, 1.165) is 12.8 Å². The van der Waals surface area contributed by atoms with Crippen LogP contribution < -0.4 is 0 Å². The maximum Gasteiger partial charge on any atom is 0.328 e. The highest BCUT2D eigenvalue weighted by atomic mass is 16.5. The molecule has 2 rings (SSSR count). The summed E-state index contributed by atoms with van der Waals surface area (Å²) in [6, 6.07) is 3.05.